The molecule has 0 saturated carbocycles. The minimum absolute atomic E-state index is 0.115. The summed E-state index contributed by atoms with van der Waals surface area (Å²) in [6.07, 6.45) is 5.27. The molecule has 7 nitrogen and oxygen atoms in total. The molecule has 1 atom stereocenters. The number of carbonyl (C=O) groups is 1. The molecular weight excluding hydrogens is 340 g/mol. The maximum atomic E-state index is 13.0. The lowest BCUT2D eigenvalue weighted by Gasteiger charge is -2.32. The Hall–Kier alpha value is -2.54. The molecule has 0 aliphatic carbocycles. The SMILES string of the molecule is CN1CC[C@@H](C(=O)N2CCc3c(nc(-c4cccnc4)nc3N(C)C)C2)C1. The Morgan fingerprint density at radius 1 is 1.26 bits per heavy atom. The fourth-order valence-corrected chi connectivity index (χ4v) is 3.99. The summed E-state index contributed by atoms with van der Waals surface area (Å²) < 4.78 is 0. The van der Waals surface area contributed by atoms with E-state index in [1.807, 2.05) is 36.0 Å². The van der Waals surface area contributed by atoms with Gasteiger partial charge in [0.05, 0.1) is 18.2 Å². The Morgan fingerprint density at radius 2 is 2.11 bits per heavy atom. The minimum atomic E-state index is 0.115. The highest BCUT2D eigenvalue weighted by Gasteiger charge is 2.33. The number of fused-ring (bicyclic) bond motifs is 1. The Bertz CT molecular complexity index is 838. The second kappa shape index (κ2) is 7.23. The van der Waals surface area contributed by atoms with Gasteiger partial charge < -0.3 is 14.7 Å². The number of aromatic nitrogens is 3. The first-order valence-electron chi connectivity index (χ1n) is 9.48. The maximum Gasteiger partial charge on any atom is 0.227 e. The lowest BCUT2D eigenvalue weighted by Crippen LogP contribution is -2.41. The van der Waals surface area contributed by atoms with Crippen LogP contribution in [0, 0.1) is 5.92 Å². The van der Waals surface area contributed by atoms with Crippen molar-refractivity contribution in [2.24, 2.45) is 5.92 Å². The van der Waals surface area contributed by atoms with Crippen LogP contribution in [0.4, 0.5) is 5.82 Å². The first kappa shape index (κ1) is 17.9. The molecule has 2 aliphatic heterocycles. The highest BCUT2D eigenvalue weighted by molar-refractivity contribution is 5.80. The van der Waals surface area contributed by atoms with Gasteiger partial charge in [0.25, 0.3) is 0 Å². The van der Waals surface area contributed by atoms with E-state index in [1.54, 1.807) is 12.4 Å². The minimum Gasteiger partial charge on any atom is -0.362 e. The van der Waals surface area contributed by atoms with Crippen LogP contribution in [-0.4, -0.2) is 71.4 Å². The lowest BCUT2D eigenvalue weighted by atomic mass is 10.0. The van der Waals surface area contributed by atoms with Crippen molar-refractivity contribution >= 4 is 11.7 Å². The molecule has 27 heavy (non-hydrogen) atoms. The molecular formula is C20H26N6O. The summed E-state index contributed by atoms with van der Waals surface area (Å²) in [6.45, 7) is 3.16. The van der Waals surface area contributed by atoms with Crippen molar-refractivity contribution in [3.8, 4) is 11.4 Å². The second-order valence-corrected chi connectivity index (χ2v) is 7.69. The molecule has 0 aromatic carbocycles. The van der Waals surface area contributed by atoms with Crippen molar-refractivity contribution in [2.75, 3.05) is 45.7 Å². The normalized spacial score (nSPS) is 19.8. The molecule has 0 N–H and O–H groups in total. The number of pyridine rings is 1. The number of hydrogen-bond donors (Lipinski definition) is 0. The molecule has 0 radical (unpaired) electrons. The van der Waals surface area contributed by atoms with Gasteiger partial charge in [-0.15, -0.1) is 0 Å². The Kier molecular flexibility index (Phi) is 4.78. The molecule has 2 aliphatic rings. The topological polar surface area (TPSA) is 65.5 Å². The van der Waals surface area contributed by atoms with Crippen LogP contribution in [0.15, 0.2) is 24.5 Å². The summed E-state index contributed by atoms with van der Waals surface area (Å²) >= 11 is 0. The number of nitrogens with zero attached hydrogens (tertiary/aromatic N) is 6. The molecule has 0 spiro atoms. The summed E-state index contributed by atoms with van der Waals surface area (Å²) in [7, 11) is 6.08. The predicted octanol–water partition coefficient (Wildman–Crippen LogP) is 1.44. The Morgan fingerprint density at radius 3 is 2.78 bits per heavy atom. The zero-order chi connectivity index (χ0) is 19.0. The fourth-order valence-electron chi connectivity index (χ4n) is 3.99. The highest BCUT2D eigenvalue weighted by atomic mass is 16.2. The van der Waals surface area contributed by atoms with Gasteiger partial charge in [-0.2, -0.15) is 0 Å². The first-order valence-corrected chi connectivity index (χ1v) is 9.48. The third-order valence-corrected chi connectivity index (χ3v) is 5.44. The van der Waals surface area contributed by atoms with Crippen LogP contribution in [0.3, 0.4) is 0 Å². The molecule has 1 amide bonds. The van der Waals surface area contributed by atoms with Gasteiger partial charge in [0.15, 0.2) is 5.82 Å². The first-order chi connectivity index (χ1) is 13.0. The van der Waals surface area contributed by atoms with Gasteiger partial charge in [0.1, 0.15) is 5.82 Å². The van der Waals surface area contributed by atoms with E-state index in [0.717, 1.165) is 55.1 Å². The van der Waals surface area contributed by atoms with Gasteiger partial charge in [-0.25, -0.2) is 9.97 Å². The van der Waals surface area contributed by atoms with Crippen molar-refractivity contribution in [1.29, 1.82) is 0 Å². The zero-order valence-electron chi connectivity index (χ0n) is 16.2. The fraction of sp³-hybridized carbons (Fsp3) is 0.500. The van der Waals surface area contributed by atoms with Crippen molar-refractivity contribution < 1.29 is 4.79 Å². The average molecular weight is 366 g/mol. The van der Waals surface area contributed by atoms with Gasteiger partial charge in [0, 0.05) is 50.7 Å². The second-order valence-electron chi connectivity index (χ2n) is 7.69. The summed E-state index contributed by atoms with van der Waals surface area (Å²) in [6, 6.07) is 3.86. The smallest absolute Gasteiger partial charge is 0.227 e. The van der Waals surface area contributed by atoms with Crippen LogP contribution >= 0.6 is 0 Å². The molecule has 4 rings (SSSR count). The molecule has 7 heteroatoms. The van der Waals surface area contributed by atoms with Crippen LogP contribution in [0.25, 0.3) is 11.4 Å². The largest absolute Gasteiger partial charge is 0.362 e. The van der Waals surface area contributed by atoms with E-state index in [1.165, 1.54) is 0 Å². The Balaban J connectivity index is 1.65. The van der Waals surface area contributed by atoms with Crippen molar-refractivity contribution in [2.45, 2.75) is 19.4 Å². The molecule has 0 bridgehead atoms. The van der Waals surface area contributed by atoms with E-state index in [4.69, 9.17) is 9.97 Å². The Labute approximate surface area is 160 Å². The monoisotopic (exact) mass is 366 g/mol. The zero-order valence-corrected chi connectivity index (χ0v) is 16.2. The third kappa shape index (κ3) is 3.51. The van der Waals surface area contributed by atoms with E-state index in [-0.39, 0.29) is 11.8 Å². The quantitative estimate of drug-likeness (QED) is 0.819. The molecule has 2 aromatic rings. The molecule has 142 valence electrons. The maximum absolute atomic E-state index is 13.0. The molecule has 0 unspecified atom stereocenters. The molecule has 1 saturated heterocycles. The van der Waals surface area contributed by atoms with E-state index >= 15 is 0 Å². The van der Waals surface area contributed by atoms with Gasteiger partial charge in [0.2, 0.25) is 5.91 Å². The number of rotatable bonds is 3. The number of amides is 1. The van der Waals surface area contributed by atoms with Crippen LogP contribution in [0.1, 0.15) is 17.7 Å². The van der Waals surface area contributed by atoms with Crippen LogP contribution in [0.2, 0.25) is 0 Å². The summed E-state index contributed by atoms with van der Waals surface area (Å²) in [5.41, 5.74) is 3.00. The number of hydrogen-bond acceptors (Lipinski definition) is 6. The van der Waals surface area contributed by atoms with Crippen LogP contribution in [-0.2, 0) is 17.8 Å². The van der Waals surface area contributed by atoms with Gasteiger partial charge >= 0.3 is 0 Å². The van der Waals surface area contributed by atoms with E-state index in [2.05, 4.69) is 16.9 Å². The predicted molar refractivity (Wildman–Crippen MR) is 104 cm³/mol. The van der Waals surface area contributed by atoms with Crippen LogP contribution in [0.5, 0.6) is 0 Å². The van der Waals surface area contributed by atoms with Crippen molar-refractivity contribution in [3.63, 3.8) is 0 Å². The number of anilines is 1. The molecule has 1 fully saturated rings. The van der Waals surface area contributed by atoms with Gasteiger partial charge in [-0.1, -0.05) is 0 Å². The van der Waals surface area contributed by atoms with E-state index < -0.39 is 0 Å². The standard InChI is InChI=1S/C20H26N6O/c1-24(2)19-16-7-10-26(20(27)15-6-9-25(3)12-15)13-17(16)22-18(23-19)14-5-4-8-21-11-14/h4-5,8,11,15H,6-7,9-10,12-13H2,1-3H3/t15-/m1/s1. The van der Waals surface area contributed by atoms with Gasteiger partial charge in [-0.05, 0) is 38.6 Å². The molecule has 2 aromatic heterocycles. The average Bonchev–Trinajstić information content (AvgIpc) is 3.13. The number of carbonyl (C=O) groups excluding carboxylic acids is 1. The molecule has 4 heterocycles. The third-order valence-electron chi connectivity index (χ3n) is 5.44. The highest BCUT2D eigenvalue weighted by Crippen LogP contribution is 2.29. The summed E-state index contributed by atoms with van der Waals surface area (Å²) in [4.78, 5) is 33.0. The van der Waals surface area contributed by atoms with E-state index in [0.29, 0.717) is 12.4 Å². The summed E-state index contributed by atoms with van der Waals surface area (Å²) in [5, 5.41) is 0. The van der Waals surface area contributed by atoms with Crippen molar-refractivity contribution in [3.05, 3.63) is 35.8 Å². The number of likely N-dealkylation sites (tertiary alicyclic amines) is 1. The van der Waals surface area contributed by atoms with Crippen molar-refractivity contribution in [1.82, 2.24) is 24.8 Å². The lowest BCUT2D eigenvalue weighted by molar-refractivity contribution is -0.136. The van der Waals surface area contributed by atoms with E-state index in [9.17, 15) is 4.79 Å². The summed E-state index contributed by atoms with van der Waals surface area (Å²) in [5.74, 6) is 1.98. The van der Waals surface area contributed by atoms with Gasteiger partial charge in [-0.3, -0.25) is 9.78 Å². The van der Waals surface area contributed by atoms with Crippen LogP contribution < -0.4 is 4.90 Å².